The number of halogens is 1. The number of likely N-dealkylation sites (tertiary alicyclic amines) is 1. The Labute approximate surface area is 123 Å². The van der Waals surface area contributed by atoms with Crippen LogP contribution in [-0.4, -0.2) is 41.7 Å². The van der Waals surface area contributed by atoms with Crippen LogP contribution in [0.2, 0.25) is 5.02 Å². The average molecular weight is 298 g/mol. The number of amides is 1. The summed E-state index contributed by atoms with van der Waals surface area (Å²) in [6.07, 6.45) is 0.933. The Morgan fingerprint density at radius 2 is 2.40 bits per heavy atom. The number of nitrogens with one attached hydrogen (secondary N) is 1. The minimum Gasteiger partial charge on any atom is -0.397 e. The molecule has 110 valence electrons. The van der Waals surface area contributed by atoms with Gasteiger partial charge in [0.1, 0.15) is 0 Å². The van der Waals surface area contributed by atoms with E-state index in [4.69, 9.17) is 22.4 Å². The molecule has 0 saturated carbocycles. The van der Waals surface area contributed by atoms with Crippen LogP contribution in [0.5, 0.6) is 0 Å². The van der Waals surface area contributed by atoms with Crippen LogP contribution in [0.4, 0.5) is 11.4 Å². The number of benzene rings is 1. The number of nitrogens with two attached hydrogens (primary N) is 1. The van der Waals surface area contributed by atoms with Crippen LogP contribution in [-0.2, 0) is 4.79 Å². The lowest BCUT2D eigenvalue weighted by molar-refractivity contribution is -0.120. The van der Waals surface area contributed by atoms with Crippen molar-refractivity contribution in [2.75, 3.05) is 30.7 Å². The molecule has 20 heavy (non-hydrogen) atoms. The highest BCUT2D eigenvalue weighted by molar-refractivity contribution is 6.33. The monoisotopic (exact) mass is 297 g/mol. The van der Waals surface area contributed by atoms with Gasteiger partial charge in [0, 0.05) is 18.8 Å². The molecule has 1 aliphatic rings. The molecule has 2 unspecified atom stereocenters. The second-order valence-electron chi connectivity index (χ2n) is 5.23. The van der Waals surface area contributed by atoms with Gasteiger partial charge in [0.25, 0.3) is 0 Å². The second-order valence-corrected chi connectivity index (χ2v) is 5.64. The molecule has 0 aliphatic carbocycles. The summed E-state index contributed by atoms with van der Waals surface area (Å²) in [6.45, 7) is 3.64. The first kappa shape index (κ1) is 15.1. The number of hydrogen-bond acceptors (Lipinski definition) is 4. The Bertz CT molecular complexity index is 495. The van der Waals surface area contributed by atoms with Gasteiger partial charge in [-0.25, -0.2) is 0 Å². The fourth-order valence-electron chi connectivity index (χ4n) is 2.40. The largest absolute Gasteiger partial charge is 0.397 e. The summed E-state index contributed by atoms with van der Waals surface area (Å²) in [5.41, 5.74) is 6.79. The van der Waals surface area contributed by atoms with Crippen molar-refractivity contribution < 1.29 is 9.90 Å². The van der Waals surface area contributed by atoms with Crippen LogP contribution >= 0.6 is 11.6 Å². The molecule has 1 heterocycles. The number of anilines is 2. The van der Waals surface area contributed by atoms with Gasteiger partial charge in [-0.3, -0.25) is 9.69 Å². The van der Waals surface area contributed by atoms with Crippen LogP contribution < -0.4 is 11.1 Å². The standard InChI is InChI=1S/C14H20ClN3O2/c1-9(18-5-4-10(7-18)8-19)14(20)17-11-2-3-12(15)13(16)6-11/h2-3,6,9-10,19H,4-5,7-8,16H2,1H3,(H,17,20). The van der Waals surface area contributed by atoms with Gasteiger partial charge >= 0.3 is 0 Å². The molecule has 2 atom stereocenters. The van der Waals surface area contributed by atoms with Crippen LogP contribution in [0, 0.1) is 5.92 Å². The first-order chi connectivity index (χ1) is 9.51. The Kier molecular flexibility index (Phi) is 4.86. The molecule has 1 aliphatic heterocycles. The zero-order chi connectivity index (χ0) is 14.7. The predicted molar refractivity (Wildman–Crippen MR) is 80.7 cm³/mol. The molecule has 1 aromatic rings. The smallest absolute Gasteiger partial charge is 0.241 e. The van der Waals surface area contributed by atoms with Gasteiger partial charge in [-0.1, -0.05) is 11.6 Å². The van der Waals surface area contributed by atoms with Gasteiger partial charge in [0.15, 0.2) is 0 Å². The fraction of sp³-hybridized carbons (Fsp3) is 0.500. The van der Waals surface area contributed by atoms with Crippen molar-refractivity contribution in [1.29, 1.82) is 0 Å². The Hall–Kier alpha value is -1.30. The van der Waals surface area contributed by atoms with Gasteiger partial charge in [0.05, 0.1) is 16.8 Å². The van der Waals surface area contributed by atoms with Crippen molar-refractivity contribution in [3.63, 3.8) is 0 Å². The van der Waals surface area contributed by atoms with E-state index in [1.54, 1.807) is 18.2 Å². The highest BCUT2D eigenvalue weighted by atomic mass is 35.5. The molecule has 0 radical (unpaired) electrons. The number of aliphatic hydroxyl groups is 1. The number of nitrogens with zero attached hydrogens (tertiary/aromatic N) is 1. The summed E-state index contributed by atoms with van der Waals surface area (Å²) < 4.78 is 0. The quantitative estimate of drug-likeness (QED) is 0.737. The van der Waals surface area contributed by atoms with Crippen LogP contribution in [0.25, 0.3) is 0 Å². The van der Waals surface area contributed by atoms with Crippen LogP contribution in [0.3, 0.4) is 0 Å². The van der Waals surface area contributed by atoms with Gasteiger partial charge in [-0.15, -0.1) is 0 Å². The maximum Gasteiger partial charge on any atom is 0.241 e. The molecule has 4 N–H and O–H groups in total. The minimum atomic E-state index is -0.233. The lowest BCUT2D eigenvalue weighted by Crippen LogP contribution is -2.40. The molecule has 0 aromatic heterocycles. The van der Waals surface area contributed by atoms with Gasteiger partial charge in [0.2, 0.25) is 5.91 Å². The second kappa shape index (κ2) is 6.43. The van der Waals surface area contributed by atoms with Crippen molar-refractivity contribution in [2.45, 2.75) is 19.4 Å². The molecule has 1 saturated heterocycles. The number of carbonyl (C=O) groups excluding carboxylic acids is 1. The average Bonchev–Trinajstić information content (AvgIpc) is 2.91. The zero-order valence-electron chi connectivity index (χ0n) is 11.5. The number of aliphatic hydroxyl groups excluding tert-OH is 1. The fourth-order valence-corrected chi connectivity index (χ4v) is 2.51. The number of carbonyl (C=O) groups is 1. The lowest BCUT2D eigenvalue weighted by Gasteiger charge is -2.23. The SMILES string of the molecule is CC(C(=O)Nc1ccc(Cl)c(N)c1)N1CCC(CO)C1. The first-order valence-electron chi connectivity index (χ1n) is 6.72. The van der Waals surface area contributed by atoms with Crippen LogP contribution in [0.15, 0.2) is 18.2 Å². The Balaban J connectivity index is 1.95. The van der Waals surface area contributed by atoms with Crippen molar-refractivity contribution in [3.8, 4) is 0 Å². The number of rotatable bonds is 4. The summed E-state index contributed by atoms with van der Waals surface area (Å²) >= 11 is 5.85. The summed E-state index contributed by atoms with van der Waals surface area (Å²) in [6, 6.07) is 4.80. The molecule has 0 bridgehead atoms. The van der Waals surface area contributed by atoms with Crippen molar-refractivity contribution >= 4 is 28.9 Å². The van der Waals surface area contributed by atoms with Crippen molar-refractivity contribution in [1.82, 2.24) is 4.90 Å². The van der Waals surface area contributed by atoms with Crippen LogP contribution in [0.1, 0.15) is 13.3 Å². The zero-order valence-corrected chi connectivity index (χ0v) is 12.2. The molecule has 2 rings (SSSR count). The van der Waals surface area contributed by atoms with Crippen molar-refractivity contribution in [2.24, 2.45) is 5.92 Å². The molecule has 0 spiro atoms. The summed E-state index contributed by atoms with van der Waals surface area (Å²) in [4.78, 5) is 14.3. The molecule has 5 nitrogen and oxygen atoms in total. The van der Waals surface area contributed by atoms with E-state index in [2.05, 4.69) is 10.2 Å². The van der Waals surface area contributed by atoms with E-state index in [0.717, 1.165) is 19.5 Å². The molecule has 1 amide bonds. The normalized spacial score (nSPS) is 20.9. The molecular formula is C14H20ClN3O2. The van der Waals surface area contributed by atoms with E-state index >= 15 is 0 Å². The highest BCUT2D eigenvalue weighted by Gasteiger charge is 2.29. The Morgan fingerprint density at radius 1 is 1.65 bits per heavy atom. The summed E-state index contributed by atoms with van der Waals surface area (Å²) in [7, 11) is 0. The molecule has 1 aromatic carbocycles. The summed E-state index contributed by atoms with van der Waals surface area (Å²) in [5.74, 6) is 0.196. The maximum absolute atomic E-state index is 12.2. The van der Waals surface area contributed by atoms with E-state index in [-0.39, 0.29) is 24.5 Å². The third-order valence-corrected chi connectivity index (χ3v) is 4.11. The third-order valence-electron chi connectivity index (χ3n) is 3.77. The number of nitrogen functional groups attached to an aromatic ring is 1. The predicted octanol–water partition coefficient (Wildman–Crippen LogP) is 1.56. The van der Waals surface area contributed by atoms with Gasteiger partial charge < -0.3 is 16.2 Å². The van der Waals surface area contributed by atoms with Gasteiger partial charge in [-0.2, -0.15) is 0 Å². The lowest BCUT2D eigenvalue weighted by atomic mass is 10.1. The molecular weight excluding hydrogens is 278 g/mol. The van der Waals surface area contributed by atoms with E-state index in [1.807, 2.05) is 6.92 Å². The van der Waals surface area contributed by atoms with E-state index in [0.29, 0.717) is 16.4 Å². The summed E-state index contributed by atoms with van der Waals surface area (Å²) in [5, 5.41) is 12.5. The Morgan fingerprint density at radius 3 is 3.00 bits per heavy atom. The first-order valence-corrected chi connectivity index (χ1v) is 7.10. The minimum absolute atomic E-state index is 0.0784. The highest BCUT2D eigenvalue weighted by Crippen LogP contribution is 2.23. The third kappa shape index (κ3) is 3.42. The molecule has 6 heteroatoms. The number of hydrogen-bond donors (Lipinski definition) is 3. The maximum atomic E-state index is 12.2. The van der Waals surface area contributed by atoms with E-state index in [9.17, 15) is 4.79 Å². The van der Waals surface area contributed by atoms with E-state index in [1.165, 1.54) is 0 Å². The van der Waals surface area contributed by atoms with Gasteiger partial charge in [-0.05, 0) is 44.0 Å². The van der Waals surface area contributed by atoms with E-state index < -0.39 is 0 Å². The topological polar surface area (TPSA) is 78.6 Å². The van der Waals surface area contributed by atoms with Crippen molar-refractivity contribution in [3.05, 3.63) is 23.2 Å². The molecule has 1 fully saturated rings.